The maximum atomic E-state index is 7.73. The molecule has 0 saturated carbocycles. The SMILES string of the molecule is [C-]#[N+]c1ccc2c(c1)c1cc(-c3ccc(-c4nc5cc(-c6ccc7ccccc7c6)ccc5c5c6ccccc6c6ccccc6c45)cc3)ccc1n2-c1ccccc1. The number of pyridine rings is 1. The smallest absolute Gasteiger partial charge is 0.188 e. The van der Waals surface area contributed by atoms with Gasteiger partial charge in [0.25, 0.3) is 0 Å². The second-order valence-electron chi connectivity index (χ2n) is 15.4. The molecule has 0 aliphatic heterocycles. The number of nitrogens with zero attached hydrogens (tertiary/aromatic N) is 3. The van der Waals surface area contributed by atoms with Crippen molar-refractivity contribution in [2.24, 2.45) is 0 Å². The van der Waals surface area contributed by atoms with Gasteiger partial charge in [-0.2, -0.15) is 0 Å². The Labute approximate surface area is 340 Å². The minimum Gasteiger partial charge on any atom is -0.309 e. The zero-order chi connectivity index (χ0) is 39.0. The lowest BCUT2D eigenvalue weighted by molar-refractivity contribution is 1.18. The average Bonchev–Trinajstić information content (AvgIpc) is 3.64. The second kappa shape index (κ2) is 13.0. The van der Waals surface area contributed by atoms with E-state index in [9.17, 15) is 0 Å². The molecule has 12 rings (SSSR count). The summed E-state index contributed by atoms with van der Waals surface area (Å²) in [4.78, 5) is 9.35. The van der Waals surface area contributed by atoms with E-state index in [0.29, 0.717) is 5.69 Å². The number of hydrogen-bond donors (Lipinski definition) is 0. The van der Waals surface area contributed by atoms with Crippen LogP contribution in [0.4, 0.5) is 5.69 Å². The fourth-order valence-electron chi connectivity index (χ4n) is 9.37. The Kier molecular flexibility index (Phi) is 7.29. The fraction of sp³-hybridized carbons (Fsp3) is 0. The van der Waals surface area contributed by atoms with Crippen LogP contribution in [-0.4, -0.2) is 9.55 Å². The van der Waals surface area contributed by atoms with Crippen LogP contribution in [0.25, 0.3) is 120 Å². The Hall–Kier alpha value is -8.06. The van der Waals surface area contributed by atoms with Gasteiger partial charge in [-0.3, -0.25) is 0 Å². The van der Waals surface area contributed by atoms with Crippen LogP contribution in [0.5, 0.6) is 0 Å². The van der Waals surface area contributed by atoms with Crippen molar-refractivity contribution < 1.29 is 0 Å². The molecule has 10 aromatic carbocycles. The molecule has 0 aliphatic carbocycles. The van der Waals surface area contributed by atoms with Crippen LogP contribution in [0, 0.1) is 6.57 Å². The van der Waals surface area contributed by atoms with Gasteiger partial charge in [0, 0.05) is 32.8 Å². The number of para-hydroxylation sites is 1. The van der Waals surface area contributed by atoms with E-state index >= 15 is 0 Å². The first-order chi connectivity index (χ1) is 29.2. The maximum absolute atomic E-state index is 7.73. The summed E-state index contributed by atoms with van der Waals surface area (Å²) in [5, 5.41) is 13.1. The summed E-state index contributed by atoms with van der Waals surface area (Å²) in [6, 6.07) is 71.7. The van der Waals surface area contributed by atoms with Crippen LogP contribution in [0.15, 0.2) is 200 Å². The van der Waals surface area contributed by atoms with Crippen LogP contribution in [-0.2, 0) is 0 Å². The monoisotopic (exact) mass is 747 g/mol. The van der Waals surface area contributed by atoms with E-state index in [2.05, 4.69) is 191 Å². The van der Waals surface area contributed by atoms with Crippen molar-refractivity contribution in [1.82, 2.24) is 9.55 Å². The molecular weight excluding hydrogens is 715 g/mol. The van der Waals surface area contributed by atoms with E-state index in [1.54, 1.807) is 0 Å². The molecule has 3 nitrogen and oxygen atoms in total. The summed E-state index contributed by atoms with van der Waals surface area (Å²) in [6.07, 6.45) is 0. The molecule has 0 spiro atoms. The van der Waals surface area contributed by atoms with Gasteiger partial charge >= 0.3 is 0 Å². The summed E-state index contributed by atoms with van der Waals surface area (Å²) >= 11 is 0. The minimum atomic E-state index is 0.638. The van der Waals surface area contributed by atoms with Gasteiger partial charge in [0.05, 0.1) is 28.8 Å². The molecular formula is C56H33N3. The van der Waals surface area contributed by atoms with E-state index in [1.165, 1.54) is 48.7 Å². The van der Waals surface area contributed by atoms with Gasteiger partial charge in [-0.15, -0.1) is 0 Å². The summed E-state index contributed by atoms with van der Waals surface area (Å²) in [6.45, 7) is 7.73. The van der Waals surface area contributed by atoms with Crippen LogP contribution in [0.2, 0.25) is 0 Å². The van der Waals surface area contributed by atoms with Crippen molar-refractivity contribution in [3.63, 3.8) is 0 Å². The van der Waals surface area contributed by atoms with Crippen molar-refractivity contribution in [1.29, 1.82) is 0 Å². The molecule has 0 N–H and O–H groups in total. The zero-order valence-electron chi connectivity index (χ0n) is 31.9. The highest BCUT2D eigenvalue weighted by atomic mass is 15.0. The first-order valence-corrected chi connectivity index (χ1v) is 20.0. The van der Waals surface area contributed by atoms with Gasteiger partial charge in [-0.25, -0.2) is 9.83 Å². The highest BCUT2D eigenvalue weighted by Gasteiger charge is 2.19. The lowest BCUT2D eigenvalue weighted by Crippen LogP contribution is -1.94. The fourth-order valence-corrected chi connectivity index (χ4v) is 9.37. The molecule has 0 saturated heterocycles. The van der Waals surface area contributed by atoms with Crippen LogP contribution >= 0.6 is 0 Å². The lowest BCUT2D eigenvalue weighted by Gasteiger charge is -2.17. The average molecular weight is 748 g/mol. The zero-order valence-corrected chi connectivity index (χ0v) is 31.9. The quantitative estimate of drug-likeness (QED) is 0.130. The van der Waals surface area contributed by atoms with Gasteiger partial charge in [0.1, 0.15) is 0 Å². The molecule has 0 atom stereocenters. The standard InChI is InChI=1S/C56H33N3/c1-57-42-27-30-53-50(34-42)49-32-40(26-29-52(49)59(53)43-13-3-2-4-14-43)36-19-22-37(23-20-36)56-55-47-18-10-8-16-45(47)44-15-7-9-17-46(44)54(55)48-28-25-41(33-51(48)58-56)39-24-21-35-11-5-6-12-38(35)31-39/h2-34H. The van der Waals surface area contributed by atoms with Gasteiger partial charge in [-0.1, -0.05) is 152 Å². The highest BCUT2D eigenvalue weighted by molar-refractivity contribution is 6.33. The molecule has 2 aromatic heterocycles. The van der Waals surface area contributed by atoms with E-state index in [1.807, 2.05) is 18.2 Å². The second-order valence-corrected chi connectivity index (χ2v) is 15.4. The maximum Gasteiger partial charge on any atom is 0.188 e. The molecule has 0 bridgehead atoms. The predicted octanol–water partition coefficient (Wildman–Crippen LogP) is 15.5. The molecule has 12 aromatic rings. The third kappa shape index (κ3) is 5.17. The molecule has 0 fully saturated rings. The molecule has 0 unspecified atom stereocenters. The van der Waals surface area contributed by atoms with Crippen molar-refractivity contribution in [3.8, 4) is 39.2 Å². The van der Waals surface area contributed by atoms with Crippen LogP contribution in [0.1, 0.15) is 0 Å². The van der Waals surface area contributed by atoms with E-state index < -0.39 is 0 Å². The van der Waals surface area contributed by atoms with E-state index in [0.717, 1.165) is 66.3 Å². The van der Waals surface area contributed by atoms with Gasteiger partial charge in [0.15, 0.2) is 5.69 Å². The molecule has 272 valence electrons. The highest BCUT2D eigenvalue weighted by Crippen LogP contribution is 2.44. The Morgan fingerprint density at radius 1 is 0.373 bits per heavy atom. The topological polar surface area (TPSA) is 22.2 Å². The Balaban J connectivity index is 1.06. The Morgan fingerprint density at radius 3 is 1.69 bits per heavy atom. The third-order valence-corrected chi connectivity index (χ3v) is 12.1. The summed E-state index contributed by atoms with van der Waals surface area (Å²) in [5.41, 5.74) is 11.5. The molecule has 0 aliphatic rings. The van der Waals surface area contributed by atoms with Crippen molar-refractivity contribution >= 4 is 81.5 Å². The molecule has 0 amide bonds. The largest absolute Gasteiger partial charge is 0.309 e. The number of hydrogen-bond acceptors (Lipinski definition) is 1. The third-order valence-electron chi connectivity index (χ3n) is 12.1. The molecule has 0 radical (unpaired) electrons. The Morgan fingerprint density at radius 2 is 0.932 bits per heavy atom. The van der Waals surface area contributed by atoms with Gasteiger partial charge in [0.2, 0.25) is 0 Å². The van der Waals surface area contributed by atoms with Crippen molar-refractivity contribution in [2.45, 2.75) is 0 Å². The molecule has 59 heavy (non-hydrogen) atoms. The summed E-state index contributed by atoms with van der Waals surface area (Å²) in [7, 11) is 0. The summed E-state index contributed by atoms with van der Waals surface area (Å²) < 4.78 is 2.29. The van der Waals surface area contributed by atoms with Crippen LogP contribution in [0.3, 0.4) is 0 Å². The summed E-state index contributed by atoms with van der Waals surface area (Å²) in [5.74, 6) is 0. The van der Waals surface area contributed by atoms with E-state index in [4.69, 9.17) is 11.6 Å². The normalized spacial score (nSPS) is 11.7. The minimum absolute atomic E-state index is 0.638. The number of fused-ring (bicyclic) bond motifs is 12. The molecule has 2 heterocycles. The van der Waals surface area contributed by atoms with E-state index in [-0.39, 0.29) is 0 Å². The van der Waals surface area contributed by atoms with Crippen molar-refractivity contribution in [3.05, 3.63) is 212 Å². The molecule has 3 heteroatoms. The van der Waals surface area contributed by atoms with Gasteiger partial charge in [-0.05, 0) is 108 Å². The lowest BCUT2D eigenvalue weighted by atomic mass is 9.89. The number of aromatic nitrogens is 2. The van der Waals surface area contributed by atoms with Crippen molar-refractivity contribution in [2.75, 3.05) is 0 Å². The predicted molar refractivity (Wildman–Crippen MR) is 249 cm³/mol. The van der Waals surface area contributed by atoms with Crippen LogP contribution < -0.4 is 0 Å². The number of benzene rings is 10. The Bertz CT molecular complexity index is 3720. The first-order valence-electron chi connectivity index (χ1n) is 20.0. The first kappa shape index (κ1) is 33.1. The van der Waals surface area contributed by atoms with Gasteiger partial charge < -0.3 is 4.57 Å². The number of rotatable bonds is 4.